The van der Waals surface area contributed by atoms with Gasteiger partial charge in [-0.3, -0.25) is 0 Å². The predicted octanol–water partition coefficient (Wildman–Crippen LogP) is 4.88. The van der Waals surface area contributed by atoms with Crippen molar-refractivity contribution < 1.29 is 9.53 Å². The lowest BCUT2D eigenvalue weighted by atomic mass is 10.1. The van der Waals surface area contributed by atoms with Crippen LogP contribution in [0.4, 0.5) is 10.6 Å². The van der Waals surface area contributed by atoms with E-state index in [4.69, 9.17) is 16.3 Å². The second-order valence-electron chi connectivity index (χ2n) is 7.93. The molecule has 0 N–H and O–H groups in total. The number of rotatable bonds is 1. The van der Waals surface area contributed by atoms with E-state index in [2.05, 4.69) is 37.7 Å². The van der Waals surface area contributed by atoms with Crippen LogP contribution < -0.4 is 4.90 Å². The van der Waals surface area contributed by atoms with Crippen molar-refractivity contribution in [1.29, 1.82) is 0 Å². The van der Waals surface area contributed by atoms with E-state index in [0.717, 1.165) is 15.7 Å². The number of hydrogen-bond acceptors (Lipinski definition) is 5. The quantitative estimate of drug-likeness (QED) is 0.613. The van der Waals surface area contributed by atoms with Gasteiger partial charge < -0.3 is 14.5 Å². The maximum absolute atomic E-state index is 12.6. The summed E-state index contributed by atoms with van der Waals surface area (Å²) in [6, 6.07) is 3.77. The molecule has 1 aliphatic heterocycles. The molecule has 27 heavy (non-hydrogen) atoms. The monoisotopic (exact) mass is 454 g/mol. The van der Waals surface area contributed by atoms with Gasteiger partial charge in [0.2, 0.25) is 0 Å². The molecule has 1 aromatic carbocycles. The van der Waals surface area contributed by atoms with Crippen LogP contribution in [0.3, 0.4) is 0 Å². The maximum atomic E-state index is 12.6. The zero-order valence-corrected chi connectivity index (χ0v) is 18.5. The van der Waals surface area contributed by atoms with Gasteiger partial charge in [0, 0.05) is 29.6 Å². The first-order valence-electron chi connectivity index (χ1n) is 8.93. The van der Waals surface area contributed by atoms with Crippen LogP contribution in [0.25, 0.3) is 10.9 Å². The summed E-state index contributed by atoms with van der Waals surface area (Å²) in [5.41, 5.74) is 0.201. The Hall–Kier alpha value is -1.60. The predicted molar refractivity (Wildman–Crippen MR) is 111 cm³/mol. The van der Waals surface area contributed by atoms with E-state index in [1.807, 2.05) is 39.8 Å². The fourth-order valence-electron chi connectivity index (χ4n) is 3.30. The van der Waals surface area contributed by atoms with Crippen LogP contribution in [0.2, 0.25) is 5.02 Å². The first-order valence-corrected chi connectivity index (χ1v) is 10.1. The molecule has 0 radical (unpaired) electrons. The molecule has 0 bridgehead atoms. The van der Waals surface area contributed by atoms with Gasteiger partial charge in [0.05, 0.1) is 15.9 Å². The minimum absolute atomic E-state index is 0.0148. The van der Waals surface area contributed by atoms with E-state index in [-0.39, 0.29) is 18.2 Å². The van der Waals surface area contributed by atoms with Crippen LogP contribution in [-0.2, 0) is 4.74 Å². The summed E-state index contributed by atoms with van der Waals surface area (Å²) in [5, 5.41) is 1.47. The highest BCUT2D eigenvalue weighted by atomic mass is 79.9. The number of carbonyl (C=O) groups is 1. The molecule has 2 aromatic rings. The Labute approximate surface area is 173 Å². The van der Waals surface area contributed by atoms with E-state index in [0.29, 0.717) is 23.6 Å². The molecule has 1 aliphatic rings. The summed E-state index contributed by atoms with van der Waals surface area (Å²) in [6.45, 7) is 10.9. The second-order valence-corrected chi connectivity index (χ2v) is 9.19. The highest BCUT2D eigenvalue weighted by Crippen LogP contribution is 2.36. The van der Waals surface area contributed by atoms with Gasteiger partial charge in [-0.2, -0.15) is 0 Å². The van der Waals surface area contributed by atoms with E-state index in [9.17, 15) is 4.79 Å². The van der Waals surface area contributed by atoms with Crippen molar-refractivity contribution in [3.05, 3.63) is 28.0 Å². The SMILES string of the molecule is C[C@@H]1CN(c2ncnc3c(Cl)ccc(Br)c23)[C@@H](C)CN1C(=O)OC(C)(C)C. The lowest BCUT2D eigenvalue weighted by molar-refractivity contribution is 0.0130. The molecule has 3 rings (SSSR count). The lowest BCUT2D eigenvalue weighted by Crippen LogP contribution is -2.59. The number of benzene rings is 1. The molecule has 1 fully saturated rings. The Morgan fingerprint density at radius 1 is 1.22 bits per heavy atom. The molecule has 0 aliphatic carbocycles. The Morgan fingerprint density at radius 2 is 1.93 bits per heavy atom. The largest absolute Gasteiger partial charge is 0.444 e. The number of hydrogen-bond donors (Lipinski definition) is 0. The lowest BCUT2D eigenvalue weighted by Gasteiger charge is -2.44. The minimum Gasteiger partial charge on any atom is -0.444 e. The molecule has 6 nitrogen and oxygen atoms in total. The third-order valence-corrected chi connectivity index (χ3v) is 5.52. The second kappa shape index (κ2) is 7.43. The highest BCUT2D eigenvalue weighted by Gasteiger charge is 2.35. The van der Waals surface area contributed by atoms with Crippen LogP contribution >= 0.6 is 27.5 Å². The number of aromatic nitrogens is 2. The first-order chi connectivity index (χ1) is 12.6. The summed E-state index contributed by atoms with van der Waals surface area (Å²) in [7, 11) is 0. The zero-order valence-electron chi connectivity index (χ0n) is 16.2. The van der Waals surface area contributed by atoms with E-state index in [1.165, 1.54) is 6.33 Å². The molecule has 1 saturated heterocycles. The third kappa shape index (κ3) is 4.14. The van der Waals surface area contributed by atoms with Crippen LogP contribution in [0.1, 0.15) is 34.6 Å². The number of fused-ring (bicyclic) bond motifs is 1. The standard InChI is InChI=1S/C19H24BrClN4O2/c1-11-9-25(18(26)27-19(3,4)5)12(2)8-24(11)17-15-13(20)6-7-14(21)16(15)22-10-23-17/h6-7,10-12H,8-9H2,1-5H3/t11-,12+/m0/s1. The number of carbonyl (C=O) groups excluding carboxylic acids is 1. The summed E-state index contributed by atoms with van der Waals surface area (Å²) in [4.78, 5) is 25.4. The van der Waals surface area contributed by atoms with Gasteiger partial charge in [0.1, 0.15) is 17.7 Å². The summed E-state index contributed by atoms with van der Waals surface area (Å²) < 4.78 is 6.46. The fourth-order valence-corrected chi connectivity index (χ4v) is 4.00. The summed E-state index contributed by atoms with van der Waals surface area (Å²) in [5.74, 6) is 0.817. The molecule has 2 heterocycles. The molecule has 8 heteroatoms. The number of ether oxygens (including phenoxy) is 1. The molecule has 2 atom stereocenters. The van der Waals surface area contributed by atoms with Gasteiger partial charge in [0.25, 0.3) is 0 Å². The number of piperazine rings is 1. The van der Waals surface area contributed by atoms with Crippen molar-refractivity contribution in [2.24, 2.45) is 0 Å². The molecule has 1 amide bonds. The van der Waals surface area contributed by atoms with Gasteiger partial charge in [-0.15, -0.1) is 0 Å². The third-order valence-electron chi connectivity index (χ3n) is 4.55. The number of halogens is 2. The number of amides is 1. The number of anilines is 1. The van der Waals surface area contributed by atoms with Gasteiger partial charge in [-0.1, -0.05) is 11.6 Å². The van der Waals surface area contributed by atoms with E-state index in [1.54, 1.807) is 4.90 Å². The molecule has 0 saturated carbocycles. The molecule has 0 unspecified atom stereocenters. The van der Waals surface area contributed by atoms with Gasteiger partial charge in [0.15, 0.2) is 0 Å². The van der Waals surface area contributed by atoms with Crippen molar-refractivity contribution in [3.63, 3.8) is 0 Å². The zero-order chi connectivity index (χ0) is 19.9. The number of nitrogens with zero attached hydrogens (tertiary/aromatic N) is 4. The Kier molecular flexibility index (Phi) is 5.54. The Bertz CT molecular complexity index is 871. The van der Waals surface area contributed by atoms with Crippen molar-refractivity contribution in [2.45, 2.75) is 52.3 Å². The van der Waals surface area contributed by atoms with E-state index >= 15 is 0 Å². The Balaban J connectivity index is 1.92. The van der Waals surface area contributed by atoms with Crippen molar-refractivity contribution in [1.82, 2.24) is 14.9 Å². The summed E-state index contributed by atoms with van der Waals surface area (Å²) in [6.07, 6.45) is 1.26. The van der Waals surface area contributed by atoms with E-state index < -0.39 is 5.60 Å². The Morgan fingerprint density at radius 3 is 2.59 bits per heavy atom. The van der Waals surface area contributed by atoms with Crippen LogP contribution in [-0.4, -0.2) is 51.7 Å². The summed E-state index contributed by atoms with van der Waals surface area (Å²) >= 11 is 9.93. The minimum atomic E-state index is -0.512. The van der Waals surface area contributed by atoms with Gasteiger partial charge in [-0.25, -0.2) is 14.8 Å². The first kappa shape index (κ1) is 20.1. The van der Waals surface area contributed by atoms with Crippen LogP contribution in [0.15, 0.2) is 22.9 Å². The topological polar surface area (TPSA) is 58.6 Å². The average molecular weight is 456 g/mol. The highest BCUT2D eigenvalue weighted by molar-refractivity contribution is 9.10. The van der Waals surface area contributed by atoms with Gasteiger partial charge >= 0.3 is 6.09 Å². The van der Waals surface area contributed by atoms with Crippen molar-refractivity contribution in [2.75, 3.05) is 18.0 Å². The van der Waals surface area contributed by atoms with Crippen LogP contribution in [0.5, 0.6) is 0 Å². The maximum Gasteiger partial charge on any atom is 0.410 e. The molecule has 1 aromatic heterocycles. The molecule has 146 valence electrons. The van der Waals surface area contributed by atoms with Crippen molar-refractivity contribution in [3.8, 4) is 0 Å². The molecular formula is C19H24BrClN4O2. The van der Waals surface area contributed by atoms with Gasteiger partial charge in [-0.05, 0) is 62.7 Å². The molecule has 0 spiro atoms. The molecular weight excluding hydrogens is 432 g/mol. The van der Waals surface area contributed by atoms with Crippen molar-refractivity contribution >= 4 is 50.3 Å². The van der Waals surface area contributed by atoms with Crippen LogP contribution in [0, 0.1) is 0 Å². The smallest absolute Gasteiger partial charge is 0.410 e. The average Bonchev–Trinajstić information content (AvgIpc) is 2.58. The fraction of sp³-hybridized carbons (Fsp3) is 0.526. The normalized spacial score (nSPS) is 20.9.